The molecule has 0 aliphatic carbocycles. The topological polar surface area (TPSA) is 64.3 Å². The Morgan fingerprint density at radius 2 is 1.95 bits per heavy atom. The molecule has 0 unspecified atom stereocenters. The summed E-state index contributed by atoms with van der Waals surface area (Å²) in [4.78, 5) is 11.3. The summed E-state index contributed by atoms with van der Waals surface area (Å²) in [5, 5.41) is 2.80. The first-order valence-electron chi connectivity index (χ1n) is 6.58. The Labute approximate surface area is 129 Å². The van der Waals surface area contributed by atoms with Crippen molar-refractivity contribution in [2.45, 2.75) is 12.5 Å². The molecule has 1 amide bonds. The van der Waals surface area contributed by atoms with Crippen molar-refractivity contribution < 1.29 is 9.53 Å². The number of hydrogen-bond donors (Lipinski definition) is 2. The Morgan fingerprint density at radius 1 is 1.19 bits per heavy atom. The van der Waals surface area contributed by atoms with Crippen molar-refractivity contribution in [3.05, 3.63) is 59.7 Å². The summed E-state index contributed by atoms with van der Waals surface area (Å²) in [6.45, 7) is 0.407. The zero-order valence-electron chi connectivity index (χ0n) is 11.4. The number of fused-ring (bicyclic) bond motifs is 1. The number of nitrogens with one attached hydrogen (secondary N) is 1. The third-order valence-electron chi connectivity index (χ3n) is 3.36. The van der Waals surface area contributed by atoms with E-state index in [4.69, 9.17) is 10.5 Å². The van der Waals surface area contributed by atoms with E-state index in [1.54, 1.807) is 0 Å². The van der Waals surface area contributed by atoms with E-state index in [0.29, 0.717) is 13.0 Å². The molecule has 1 aliphatic rings. The van der Waals surface area contributed by atoms with Crippen molar-refractivity contribution in [1.29, 1.82) is 0 Å². The largest absolute Gasteiger partial charge is 0.492 e. The second-order valence-electron chi connectivity index (χ2n) is 4.87. The first-order valence-corrected chi connectivity index (χ1v) is 6.58. The van der Waals surface area contributed by atoms with Crippen molar-refractivity contribution in [3.8, 4) is 5.75 Å². The van der Waals surface area contributed by atoms with Crippen molar-refractivity contribution in [1.82, 2.24) is 0 Å². The molecule has 0 radical (unpaired) electrons. The van der Waals surface area contributed by atoms with Gasteiger partial charge in [-0.05, 0) is 29.3 Å². The van der Waals surface area contributed by atoms with Crippen LogP contribution in [0.4, 0.5) is 5.69 Å². The monoisotopic (exact) mass is 304 g/mol. The molecule has 3 N–H and O–H groups in total. The standard InChI is InChI=1S/C16H16N2O2.ClH/c17-14(11-4-2-1-3-5-11)10-20-13-6-7-15-12(8-13)9-16(19)18-15;/h1-8,14H,9-10,17H2,(H,18,19);1H/t14-;/m0./s1. The van der Waals surface area contributed by atoms with E-state index < -0.39 is 0 Å². The minimum absolute atomic E-state index is 0. The molecule has 2 aromatic carbocycles. The lowest BCUT2D eigenvalue weighted by Gasteiger charge is -2.14. The number of nitrogens with two attached hydrogens (primary N) is 1. The van der Waals surface area contributed by atoms with Gasteiger partial charge >= 0.3 is 0 Å². The molecule has 0 bridgehead atoms. The van der Waals surface area contributed by atoms with E-state index in [-0.39, 0.29) is 24.4 Å². The van der Waals surface area contributed by atoms with Gasteiger partial charge in [0.25, 0.3) is 0 Å². The Hall–Kier alpha value is -2.04. The molecular formula is C16H17ClN2O2. The lowest BCUT2D eigenvalue weighted by molar-refractivity contribution is -0.115. The van der Waals surface area contributed by atoms with Gasteiger partial charge in [0, 0.05) is 5.69 Å². The van der Waals surface area contributed by atoms with Crippen molar-refractivity contribution in [2.75, 3.05) is 11.9 Å². The van der Waals surface area contributed by atoms with Gasteiger partial charge in [-0.25, -0.2) is 0 Å². The maximum absolute atomic E-state index is 11.3. The highest BCUT2D eigenvalue weighted by Gasteiger charge is 2.18. The van der Waals surface area contributed by atoms with Crippen LogP contribution in [0.2, 0.25) is 0 Å². The molecule has 1 aliphatic heterocycles. The SMILES string of the molecule is Cl.N[C@@H](COc1ccc2c(c1)CC(=O)N2)c1ccccc1. The Kier molecular flexibility index (Phi) is 4.83. The molecule has 21 heavy (non-hydrogen) atoms. The van der Waals surface area contributed by atoms with E-state index in [1.165, 1.54) is 0 Å². The first-order chi connectivity index (χ1) is 9.72. The number of amides is 1. The summed E-state index contributed by atoms with van der Waals surface area (Å²) in [5.74, 6) is 0.768. The van der Waals surface area contributed by atoms with Crippen LogP contribution in [0, 0.1) is 0 Å². The normalized spacial score (nSPS) is 13.9. The zero-order chi connectivity index (χ0) is 13.9. The molecule has 110 valence electrons. The van der Waals surface area contributed by atoms with Gasteiger partial charge in [0.2, 0.25) is 5.91 Å². The maximum Gasteiger partial charge on any atom is 0.228 e. The number of carbonyl (C=O) groups is 1. The number of carbonyl (C=O) groups excluding carboxylic acids is 1. The van der Waals surface area contributed by atoms with Crippen LogP contribution in [-0.2, 0) is 11.2 Å². The Morgan fingerprint density at radius 3 is 2.71 bits per heavy atom. The van der Waals surface area contributed by atoms with Gasteiger partial charge < -0.3 is 15.8 Å². The average molecular weight is 305 g/mol. The molecule has 0 aromatic heterocycles. The van der Waals surface area contributed by atoms with Crippen LogP contribution >= 0.6 is 12.4 Å². The van der Waals surface area contributed by atoms with Gasteiger partial charge in [-0.15, -0.1) is 12.4 Å². The van der Waals surface area contributed by atoms with Crippen molar-refractivity contribution in [2.24, 2.45) is 5.73 Å². The van der Waals surface area contributed by atoms with Crippen LogP contribution in [0.25, 0.3) is 0 Å². The molecule has 2 aromatic rings. The van der Waals surface area contributed by atoms with Crippen LogP contribution in [0.15, 0.2) is 48.5 Å². The molecule has 1 atom stereocenters. The van der Waals surface area contributed by atoms with Gasteiger partial charge in [-0.1, -0.05) is 30.3 Å². The Bertz CT molecular complexity index is 631. The number of halogens is 1. The van der Waals surface area contributed by atoms with Crippen LogP contribution in [-0.4, -0.2) is 12.5 Å². The highest BCUT2D eigenvalue weighted by atomic mass is 35.5. The molecule has 0 fully saturated rings. The summed E-state index contributed by atoms with van der Waals surface area (Å²) < 4.78 is 5.72. The number of rotatable bonds is 4. The molecule has 4 nitrogen and oxygen atoms in total. The molecule has 0 saturated carbocycles. The minimum atomic E-state index is -0.163. The van der Waals surface area contributed by atoms with Gasteiger partial charge in [-0.3, -0.25) is 4.79 Å². The summed E-state index contributed by atoms with van der Waals surface area (Å²) in [7, 11) is 0. The van der Waals surface area contributed by atoms with Crippen molar-refractivity contribution >= 4 is 24.0 Å². The van der Waals surface area contributed by atoms with E-state index in [9.17, 15) is 4.79 Å². The fourth-order valence-corrected chi connectivity index (χ4v) is 2.28. The highest BCUT2D eigenvalue weighted by Crippen LogP contribution is 2.27. The third kappa shape index (κ3) is 3.54. The van der Waals surface area contributed by atoms with Crippen LogP contribution < -0.4 is 15.8 Å². The maximum atomic E-state index is 11.3. The van der Waals surface area contributed by atoms with E-state index in [2.05, 4.69) is 5.32 Å². The molecule has 0 saturated heterocycles. The summed E-state index contributed by atoms with van der Waals surface area (Å²) in [6.07, 6.45) is 0.414. The fraction of sp³-hybridized carbons (Fsp3) is 0.188. The number of hydrogen-bond acceptors (Lipinski definition) is 3. The predicted molar refractivity (Wildman–Crippen MR) is 84.9 cm³/mol. The summed E-state index contributed by atoms with van der Waals surface area (Å²) in [5.41, 5.74) is 8.98. The average Bonchev–Trinajstić information content (AvgIpc) is 2.85. The zero-order valence-corrected chi connectivity index (χ0v) is 12.2. The summed E-state index contributed by atoms with van der Waals surface area (Å²) in [6, 6.07) is 15.3. The lowest BCUT2D eigenvalue weighted by atomic mass is 10.1. The minimum Gasteiger partial charge on any atom is -0.492 e. The van der Waals surface area contributed by atoms with Crippen LogP contribution in [0.1, 0.15) is 17.2 Å². The van der Waals surface area contributed by atoms with Gasteiger partial charge in [0.1, 0.15) is 12.4 Å². The van der Waals surface area contributed by atoms with E-state index >= 15 is 0 Å². The number of benzene rings is 2. The van der Waals surface area contributed by atoms with Crippen LogP contribution in [0.3, 0.4) is 0 Å². The van der Waals surface area contributed by atoms with E-state index in [0.717, 1.165) is 22.6 Å². The van der Waals surface area contributed by atoms with Crippen molar-refractivity contribution in [3.63, 3.8) is 0 Å². The first kappa shape index (κ1) is 15.4. The number of ether oxygens (including phenoxy) is 1. The quantitative estimate of drug-likeness (QED) is 0.913. The number of anilines is 1. The highest BCUT2D eigenvalue weighted by molar-refractivity contribution is 5.99. The van der Waals surface area contributed by atoms with Crippen LogP contribution in [0.5, 0.6) is 5.75 Å². The fourth-order valence-electron chi connectivity index (χ4n) is 2.28. The van der Waals surface area contributed by atoms with Gasteiger partial charge in [0.05, 0.1) is 12.5 Å². The smallest absolute Gasteiger partial charge is 0.228 e. The molecule has 3 rings (SSSR count). The lowest BCUT2D eigenvalue weighted by Crippen LogP contribution is -2.18. The summed E-state index contributed by atoms with van der Waals surface area (Å²) >= 11 is 0. The molecule has 0 spiro atoms. The third-order valence-corrected chi connectivity index (χ3v) is 3.36. The van der Waals surface area contributed by atoms with Gasteiger partial charge in [-0.2, -0.15) is 0 Å². The second kappa shape index (κ2) is 6.61. The molecule has 5 heteroatoms. The second-order valence-corrected chi connectivity index (χ2v) is 4.87. The van der Waals surface area contributed by atoms with E-state index in [1.807, 2.05) is 48.5 Å². The Balaban J connectivity index is 0.00000161. The van der Waals surface area contributed by atoms with Gasteiger partial charge in [0.15, 0.2) is 0 Å². The molecule has 1 heterocycles. The molecular weight excluding hydrogens is 288 g/mol. The predicted octanol–water partition coefficient (Wildman–Crippen LogP) is 2.68.